The standard InChI is InChI=1S/C29H55N3O8/c1-17(37-26(3,4)5)21(31-23(34)19(30)15-16-20(33)39-28(9,10)11)24(35)32-22(18(2)38-27(6,7)8)25(36)40-29(12,13)14/h17-19,21-22H,15-16,30H2,1-14H3,(H,31,34)(H,32,35)/t17-,18-,19+,21+,22+/m1/s1. The van der Waals surface area contributed by atoms with Gasteiger partial charge in [-0.3, -0.25) is 14.4 Å². The third-order valence-electron chi connectivity index (χ3n) is 4.97. The van der Waals surface area contributed by atoms with Gasteiger partial charge in [0.1, 0.15) is 17.2 Å². The second-order valence-corrected chi connectivity index (χ2v) is 14.1. The maximum absolute atomic E-state index is 13.6. The molecule has 0 aliphatic rings. The van der Waals surface area contributed by atoms with Crippen LogP contribution in [0.5, 0.6) is 0 Å². The van der Waals surface area contributed by atoms with E-state index in [1.807, 2.05) is 41.5 Å². The molecule has 0 aromatic rings. The molecule has 0 spiro atoms. The molecule has 0 aliphatic heterocycles. The lowest BCUT2D eigenvalue weighted by Gasteiger charge is -2.35. The van der Waals surface area contributed by atoms with Crippen molar-refractivity contribution in [1.82, 2.24) is 10.6 Å². The maximum Gasteiger partial charge on any atom is 0.331 e. The van der Waals surface area contributed by atoms with Crippen LogP contribution in [0.4, 0.5) is 0 Å². The van der Waals surface area contributed by atoms with E-state index in [1.54, 1.807) is 55.4 Å². The minimum Gasteiger partial charge on any atom is -0.460 e. The lowest BCUT2D eigenvalue weighted by molar-refractivity contribution is -0.167. The molecule has 11 heteroatoms. The van der Waals surface area contributed by atoms with Gasteiger partial charge in [0.2, 0.25) is 11.8 Å². The zero-order valence-electron chi connectivity index (χ0n) is 27.1. The molecule has 0 aliphatic carbocycles. The number of hydrogen-bond acceptors (Lipinski definition) is 9. The molecule has 0 bridgehead atoms. The molecule has 0 aromatic carbocycles. The largest absolute Gasteiger partial charge is 0.460 e. The van der Waals surface area contributed by atoms with Crippen LogP contribution in [0, 0.1) is 0 Å². The van der Waals surface area contributed by atoms with Gasteiger partial charge >= 0.3 is 11.9 Å². The van der Waals surface area contributed by atoms with Gasteiger partial charge in [-0.05, 0) is 103 Å². The van der Waals surface area contributed by atoms with Gasteiger partial charge in [0.25, 0.3) is 0 Å². The highest BCUT2D eigenvalue weighted by Gasteiger charge is 2.38. The number of esters is 2. The van der Waals surface area contributed by atoms with E-state index < -0.39 is 76.5 Å². The molecule has 0 saturated heterocycles. The fourth-order valence-corrected chi connectivity index (χ4v) is 3.68. The average Bonchev–Trinajstić information content (AvgIpc) is 2.68. The number of ether oxygens (including phenoxy) is 4. The molecule has 0 aromatic heterocycles. The number of amides is 2. The van der Waals surface area contributed by atoms with Gasteiger partial charge in [-0.25, -0.2) is 4.79 Å². The summed E-state index contributed by atoms with van der Waals surface area (Å²) < 4.78 is 22.8. The van der Waals surface area contributed by atoms with Crippen LogP contribution in [0.2, 0.25) is 0 Å². The average molecular weight is 574 g/mol. The first kappa shape index (κ1) is 37.8. The lowest BCUT2D eigenvalue weighted by Crippen LogP contribution is -2.61. The summed E-state index contributed by atoms with van der Waals surface area (Å²) in [6.07, 6.45) is -1.62. The van der Waals surface area contributed by atoms with Crippen molar-refractivity contribution in [2.24, 2.45) is 5.73 Å². The minimum absolute atomic E-state index is 0.0145. The van der Waals surface area contributed by atoms with Crippen LogP contribution in [0.25, 0.3) is 0 Å². The van der Waals surface area contributed by atoms with Crippen LogP contribution in [-0.4, -0.2) is 76.5 Å². The van der Waals surface area contributed by atoms with Crippen molar-refractivity contribution in [3.63, 3.8) is 0 Å². The van der Waals surface area contributed by atoms with E-state index in [9.17, 15) is 19.2 Å². The monoisotopic (exact) mass is 573 g/mol. The molecular weight excluding hydrogens is 518 g/mol. The van der Waals surface area contributed by atoms with Gasteiger partial charge in [-0.15, -0.1) is 0 Å². The van der Waals surface area contributed by atoms with Crippen molar-refractivity contribution in [2.45, 2.75) is 163 Å². The van der Waals surface area contributed by atoms with Gasteiger partial charge in [-0.2, -0.15) is 0 Å². The van der Waals surface area contributed by atoms with Crippen molar-refractivity contribution in [2.75, 3.05) is 0 Å². The Labute approximate surface area is 240 Å². The van der Waals surface area contributed by atoms with E-state index in [4.69, 9.17) is 24.7 Å². The molecule has 5 atom stereocenters. The van der Waals surface area contributed by atoms with E-state index in [0.29, 0.717) is 0 Å². The van der Waals surface area contributed by atoms with Crippen molar-refractivity contribution in [3.8, 4) is 0 Å². The molecule has 234 valence electrons. The summed E-state index contributed by atoms with van der Waals surface area (Å²) in [5.74, 6) is -2.49. The Morgan fingerprint density at radius 3 is 1.43 bits per heavy atom. The van der Waals surface area contributed by atoms with Crippen molar-refractivity contribution >= 4 is 23.8 Å². The first-order chi connectivity index (χ1) is 17.7. The molecule has 0 fully saturated rings. The van der Waals surface area contributed by atoms with Crippen LogP contribution < -0.4 is 16.4 Å². The molecular formula is C29H55N3O8. The molecule has 0 unspecified atom stereocenters. The third kappa shape index (κ3) is 16.8. The Kier molecular flexibility index (Phi) is 13.8. The Hall–Kier alpha value is -2.24. The van der Waals surface area contributed by atoms with Crippen LogP contribution in [0.3, 0.4) is 0 Å². The Morgan fingerprint density at radius 2 is 1.02 bits per heavy atom. The van der Waals surface area contributed by atoms with E-state index in [2.05, 4.69) is 10.6 Å². The fourth-order valence-electron chi connectivity index (χ4n) is 3.68. The summed E-state index contributed by atoms with van der Waals surface area (Å²) in [5, 5.41) is 5.35. The summed E-state index contributed by atoms with van der Waals surface area (Å²) in [6, 6.07) is -3.48. The van der Waals surface area contributed by atoms with Crippen molar-refractivity contribution < 1.29 is 38.1 Å². The second kappa shape index (κ2) is 14.6. The third-order valence-corrected chi connectivity index (χ3v) is 4.97. The van der Waals surface area contributed by atoms with Crippen molar-refractivity contribution in [1.29, 1.82) is 0 Å². The minimum atomic E-state index is -1.22. The van der Waals surface area contributed by atoms with Crippen LogP contribution in [0.15, 0.2) is 0 Å². The van der Waals surface area contributed by atoms with Gasteiger partial charge in [0, 0.05) is 6.42 Å². The van der Waals surface area contributed by atoms with Gasteiger partial charge < -0.3 is 35.3 Å². The first-order valence-corrected chi connectivity index (χ1v) is 13.9. The van der Waals surface area contributed by atoms with Crippen LogP contribution in [0.1, 0.15) is 110 Å². The SMILES string of the molecule is C[C@@H](OC(C)(C)C)[C@H](NC(=O)[C@@H](N)CCC(=O)OC(C)(C)C)C(=O)N[C@H](C(=O)OC(C)(C)C)[C@@H](C)OC(C)(C)C. The molecule has 4 N–H and O–H groups in total. The Morgan fingerprint density at radius 1 is 0.625 bits per heavy atom. The number of nitrogens with one attached hydrogen (secondary N) is 2. The Bertz CT molecular complexity index is 862. The topological polar surface area (TPSA) is 155 Å². The summed E-state index contributed by atoms with van der Waals surface area (Å²) >= 11 is 0. The van der Waals surface area contributed by atoms with Gasteiger partial charge in [0.05, 0.1) is 29.5 Å². The highest BCUT2D eigenvalue weighted by atomic mass is 16.6. The van der Waals surface area contributed by atoms with E-state index in [1.165, 1.54) is 0 Å². The summed E-state index contributed by atoms with van der Waals surface area (Å²) in [6.45, 7) is 24.6. The Balaban J connectivity index is 5.93. The van der Waals surface area contributed by atoms with E-state index in [-0.39, 0.29) is 12.8 Å². The summed E-state index contributed by atoms with van der Waals surface area (Å²) in [5.41, 5.74) is 3.33. The predicted molar refractivity (Wildman–Crippen MR) is 153 cm³/mol. The fraction of sp³-hybridized carbons (Fsp3) is 0.862. The zero-order chi connectivity index (χ0) is 31.9. The highest BCUT2D eigenvalue weighted by Crippen LogP contribution is 2.18. The smallest absolute Gasteiger partial charge is 0.331 e. The normalized spacial score (nSPS) is 16.7. The molecule has 0 saturated carbocycles. The highest BCUT2D eigenvalue weighted by molar-refractivity contribution is 5.92. The molecule has 0 heterocycles. The van der Waals surface area contributed by atoms with E-state index in [0.717, 1.165) is 0 Å². The van der Waals surface area contributed by atoms with Crippen LogP contribution in [-0.2, 0) is 38.1 Å². The molecule has 40 heavy (non-hydrogen) atoms. The summed E-state index contributed by atoms with van der Waals surface area (Å²) in [7, 11) is 0. The number of nitrogens with two attached hydrogens (primary N) is 1. The van der Waals surface area contributed by atoms with E-state index >= 15 is 0 Å². The maximum atomic E-state index is 13.6. The van der Waals surface area contributed by atoms with Crippen LogP contribution >= 0.6 is 0 Å². The first-order valence-electron chi connectivity index (χ1n) is 13.9. The molecule has 0 rings (SSSR count). The molecule has 11 nitrogen and oxygen atoms in total. The van der Waals surface area contributed by atoms with Crippen molar-refractivity contribution in [3.05, 3.63) is 0 Å². The summed E-state index contributed by atoms with van der Waals surface area (Å²) in [4.78, 5) is 51.8. The number of carbonyl (C=O) groups is 4. The zero-order valence-corrected chi connectivity index (χ0v) is 27.1. The second-order valence-electron chi connectivity index (χ2n) is 14.1. The predicted octanol–water partition coefficient (Wildman–Crippen LogP) is 3.15. The molecule has 2 amide bonds. The van der Waals surface area contributed by atoms with Gasteiger partial charge in [0.15, 0.2) is 6.04 Å². The quantitative estimate of drug-likeness (QED) is 0.299. The number of hydrogen-bond donors (Lipinski definition) is 3. The lowest BCUT2D eigenvalue weighted by atomic mass is 10.0. The molecule has 0 radical (unpaired) electrons. The van der Waals surface area contributed by atoms with Gasteiger partial charge in [-0.1, -0.05) is 0 Å². The number of rotatable bonds is 12. The number of carbonyl (C=O) groups excluding carboxylic acids is 4.